The molecular formula is C15H25N5OS. The summed E-state index contributed by atoms with van der Waals surface area (Å²) in [5, 5.41) is 18.1. The van der Waals surface area contributed by atoms with E-state index in [-0.39, 0.29) is 6.61 Å². The number of rotatable bonds is 8. The Morgan fingerprint density at radius 2 is 2.05 bits per heavy atom. The van der Waals surface area contributed by atoms with E-state index >= 15 is 0 Å². The summed E-state index contributed by atoms with van der Waals surface area (Å²) >= 11 is 1.71. The summed E-state index contributed by atoms with van der Waals surface area (Å²) in [7, 11) is 0. The fourth-order valence-corrected chi connectivity index (χ4v) is 3.32. The Labute approximate surface area is 135 Å². The minimum absolute atomic E-state index is 0.0852. The first-order valence-electron chi connectivity index (χ1n) is 7.69. The van der Waals surface area contributed by atoms with Crippen LogP contribution in [0.25, 0.3) is 0 Å². The Morgan fingerprint density at radius 3 is 2.68 bits per heavy atom. The first-order chi connectivity index (χ1) is 10.6. The van der Waals surface area contributed by atoms with E-state index in [4.69, 9.17) is 5.11 Å². The molecule has 0 aliphatic carbocycles. The summed E-state index contributed by atoms with van der Waals surface area (Å²) in [6.07, 6.45) is 1.93. The predicted molar refractivity (Wildman–Crippen MR) is 91.8 cm³/mol. The summed E-state index contributed by atoms with van der Waals surface area (Å²) < 4.78 is 1.83. The summed E-state index contributed by atoms with van der Waals surface area (Å²) in [5.41, 5.74) is 2.12. The number of aryl methyl sites for hydroxylation is 1. The summed E-state index contributed by atoms with van der Waals surface area (Å²) in [5.74, 6) is 0.976. The van der Waals surface area contributed by atoms with Crippen LogP contribution in [0.4, 0.5) is 10.9 Å². The highest BCUT2D eigenvalue weighted by Gasteiger charge is 2.12. The standard InChI is InChI=1S/C15H25N5OS/c1-5-19(6-2)15-17-10-13(22-15)9-16-14-11(3)12(4)18-20(14)7-8-21/h10,16,21H,5-9H2,1-4H3. The van der Waals surface area contributed by atoms with Gasteiger partial charge in [0.2, 0.25) is 0 Å². The second-order valence-electron chi connectivity index (χ2n) is 5.14. The molecule has 6 nitrogen and oxygen atoms in total. The van der Waals surface area contributed by atoms with Crippen molar-refractivity contribution in [3.8, 4) is 0 Å². The molecule has 2 aromatic rings. The van der Waals surface area contributed by atoms with Gasteiger partial charge >= 0.3 is 0 Å². The van der Waals surface area contributed by atoms with E-state index in [9.17, 15) is 0 Å². The maximum Gasteiger partial charge on any atom is 0.185 e. The molecule has 7 heteroatoms. The third kappa shape index (κ3) is 3.59. The topological polar surface area (TPSA) is 66.2 Å². The molecule has 2 rings (SSSR count). The van der Waals surface area contributed by atoms with E-state index in [1.807, 2.05) is 24.7 Å². The largest absolute Gasteiger partial charge is 0.394 e. The van der Waals surface area contributed by atoms with Crippen LogP contribution in [-0.4, -0.2) is 39.6 Å². The first kappa shape index (κ1) is 16.8. The second kappa shape index (κ2) is 7.60. The van der Waals surface area contributed by atoms with Gasteiger partial charge in [-0.05, 0) is 27.7 Å². The molecule has 0 aliphatic rings. The predicted octanol–water partition coefficient (Wildman–Crippen LogP) is 2.41. The van der Waals surface area contributed by atoms with Gasteiger partial charge < -0.3 is 15.3 Å². The number of thiazole rings is 1. The number of aliphatic hydroxyl groups excluding tert-OH is 1. The molecule has 22 heavy (non-hydrogen) atoms. The van der Waals surface area contributed by atoms with E-state index in [1.165, 1.54) is 4.88 Å². The lowest BCUT2D eigenvalue weighted by Crippen LogP contribution is -2.21. The number of nitrogens with one attached hydrogen (secondary N) is 1. The lowest BCUT2D eigenvalue weighted by Gasteiger charge is -2.16. The van der Waals surface area contributed by atoms with E-state index in [0.29, 0.717) is 6.54 Å². The average molecular weight is 323 g/mol. The van der Waals surface area contributed by atoms with Crippen LogP contribution in [0.15, 0.2) is 6.20 Å². The molecule has 0 saturated heterocycles. The van der Waals surface area contributed by atoms with Crippen LogP contribution in [0.2, 0.25) is 0 Å². The Morgan fingerprint density at radius 1 is 1.32 bits per heavy atom. The van der Waals surface area contributed by atoms with Crippen molar-refractivity contribution in [2.45, 2.75) is 40.8 Å². The molecule has 0 aliphatic heterocycles. The molecule has 2 aromatic heterocycles. The van der Waals surface area contributed by atoms with Crippen LogP contribution >= 0.6 is 11.3 Å². The summed E-state index contributed by atoms with van der Waals surface area (Å²) in [6.45, 7) is 11.6. The van der Waals surface area contributed by atoms with Crippen molar-refractivity contribution in [3.05, 3.63) is 22.3 Å². The third-order valence-electron chi connectivity index (χ3n) is 3.74. The number of hydrogen-bond acceptors (Lipinski definition) is 6. The number of anilines is 2. The van der Waals surface area contributed by atoms with Crippen molar-refractivity contribution in [2.75, 3.05) is 29.9 Å². The van der Waals surface area contributed by atoms with Gasteiger partial charge in [-0.1, -0.05) is 0 Å². The molecule has 122 valence electrons. The van der Waals surface area contributed by atoms with Crippen LogP contribution in [0.1, 0.15) is 30.0 Å². The zero-order valence-corrected chi connectivity index (χ0v) is 14.6. The van der Waals surface area contributed by atoms with Crippen LogP contribution < -0.4 is 10.2 Å². The van der Waals surface area contributed by atoms with Crippen molar-refractivity contribution in [1.29, 1.82) is 0 Å². The molecule has 2 heterocycles. The fraction of sp³-hybridized carbons (Fsp3) is 0.600. The molecule has 0 unspecified atom stereocenters. The van der Waals surface area contributed by atoms with Crippen LogP contribution in [-0.2, 0) is 13.1 Å². The lowest BCUT2D eigenvalue weighted by atomic mass is 10.3. The second-order valence-corrected chi connectivity index (χ2v) is 6.23. The molecule has 0 bridgehead atoms. The average Bonchev–Trinajstić information content (AvgIpc) is 3.06. The van der Waals surface area contributed by atoms with Crippen LogP contribution in [0.3, 0.4) is 0 Å². The molecule has 0 amide bonds. The van der Waals surface area contributed by atoms with E-state index in [1.54, 1.807) is 11.3 Å². The minimum atomic E-state index is 0.0852. The van der Waals surface area contributed by atoms with Gasteiger partial charge in [-0.25, -0.2) is 9.67 Å². The van der Waals surface area contributed by atoms with Gasteiger partial charge in [0, 0.05) is 29.7 Å². The Hall–Kier alpha value is -1.60. The highest BCUT2D eigenvalue weighted by Crippen LogP contribution is 2.24. The molecular weight excluding hydrogens is 298 g/mol. The van der Waals surface area contributed by atoms with Crippen molar-refractivity contribution in [2.24, 2.45) is 0 Å². The normalized spacial score (nSPS) is 11.0. The summed E-state index contributed by atoms with van der Waals surface area (Å²) in [4.78, 5) is 7.94. The summed E-state index contributed by atoms with van der Waals surface area (Å²) in [6, 6.07) is 0. The van der Waals surface area contributed by atoms with Crippen LogP contribution in [0.5, 0.6) is 0 Å². The van der Waals surface area contributed by atoms with Gasteiger partial charge in [-0.15, -0.1) is 11.3 Å². The van der Waals surface area contributed by atoms with Gasteiger partial charge in [0.15, 0.2) is 5.13 Å². The van der Waals surface area contributed by atoms with Crippen molar-refractivity contribution < 1.29 is 5.11 Å². The number of nitrogens with zero attached hydrogens (tertiary/aromatic N) is 4. The Balaban J connectivity index is 2.07. The quantitative estimate of drug-likeness (QED) is 0.781. The maximum atomic E-state index is 9.15. The van der Waals surface area contributed by atoms with E-state index in [2.05, 4.69) is 34.1 Å². The van der Waals surface area contributed by atoms with E-state index < -0.39 is 0 Å². The zero-order valence-electron chi connectivity index (χ0n) is 13.8. The highest BCUT2D eigenvalue weighted by atomic mass is 32.1. The minimum Gasteiger partial charge on any atom is -0.394 e. The van der Waals surface area contributed by atoms with Crippen molar-refractivity contribution in [3.63, 3.8) is 0 Å². The van der Waals surface area contributed by atoms with Gasteiger partial charge in [-0.2, -0.15) is 5.10 Å². The van der Waals surface area contributed by atoms with Gasteiger partial charge in [0.1, 0.15) is 5.82 Å². The van der Waals surface area contributed by atoms with Gasteiger partial charge in [-0.3, -0.25) is 0 Å². The molecule has 0 saturated carbocycles. The lowest BCUT2D eigenvalue weighted by molar-refractivity contribution is 0.270. The Bertz CT molecular complexity index is 603. The van der Waals surface area contributed by atoms with Crippen molar-refractivity contribution >= 4 is 22.3 Å². The maximum absolute atomic E-state index is 9.15. The molecule has 2 N–H and O–H groups in total. The number of aliphatic hydroxyl groups is 1. The van der Waals surface area contributed by atoms with Crippen molar-refractivity contribution in [1.82, 2.24) is 14.8 Å². The smallest absolute Gasteiger partial charge is 0.185 e. The fourth-order valence-electron chi connectivity index (χ4n) is 2.34. The molecule has 0 aromatic carbocycles. The number of hydrogen-bond donors (Lipinski definition) is 2. The highest BCUT2D eigenvalue weighted by molar-refractivity contribution is 7.15. The van der Waals surface area contributed by atoms with Gasteiger partial charge in [0.05, 0.1) is 25.4 Å². The monoisotopic (exact) mass is 323 g/mol. The molecule has 0 radical (unpaired) electrons. The third-order valence-corrected chi connectivity index (χ3v) is 4.80. The molecule has 0 atom stereocenters. The molecule has 0 spiro atoms. The zero-order chi connectivity index (χ0) is 16.1. The van der Waals surface area contributed by atoms with Gasteiger partial charge in [0.25, 0.3) is 0 Å². The Kier molecular flexibility index (Phi) is 5.79. The first-order valence-corrected chi connectivity index (χ1v) is 8.50. The molecule has 0 fully saturated rings. The number of aromatic nitrogens is 3. The van der Waals surface area contributed by atoms with Crippen LogP contribution in [0, 0.1) is 13.8 Å². The van der Waals surface area contributed by atoms with E-state index in [0.717, 1.165) is 41.8 Å². The SMILES string of the molecule is CCN(CC)c1ncc(CNc2c(C)c(C)nn2CCO)s1.